The Morgan fingerprint density at radius 2 is 1.89 bits per heavy atom. The van der Waals surface area contributed by atoms with Crippen molar-refractivity contribution in [3.63, 3.8) is 0 Å². The molecule has 3 heterocycles. The molecule has 8 nitrogen and oxygen atoms in total. The van der Waals surface area contributed by atoms with E-state index in [0.29, 0.717) is 30.2 Å². The zero-order valence-corrected chi connectivity index (χ0v) is 19.3. The summed E-state index contributed by atoms with van der Waals surface area (Å²) in [6, 6.07) is 9.05. The number of aromatic nitrogens is 2. The average Bonchev–Trinajstić information content (AvgIpc) is 3.29. The Balaban J connectivity index is 1.52. The van der Waals surface area contributed by atoms with Gasteiger partial charge in [-0.25, -0.2) is 13.5 Å². The fourth-order valence-corrected chi connectivity index (χ4v) is 4.69. The van der Waals surface area contributed by atoms with Crippen LogP contribution in [0.25, 0.3) is 11.3 Å². The summed E-state index contributed by atoms with van der Waals surface area (Å²) in [7, 11) is 0. The molecule has 2 aromatic carbocycles. The molecule has 3 N–H and O–H groups in total. The largest absolute Gasteiger partial charge is 0.337 e. The number of nitrogens with zero attached hydrogens (tertiary/aromatic N) is 4. The molecule has 0 radical (unpaired) electrons. The first-order valence-corrected chi connectivity index (χ1v) is 11.5. The first kappa shape index (κ1) is 23.6. The van der Waals surface area contributed by atoms with E-state index in [-0.39, 0.29) is 28.6 Å². The zero-order chi connectivity index (χ0) is 25.4. The summed E-state index contributed by atoms with van der Waals surface area (Å²) in [5, 5.41) is 7.80. The van der Waals surface area contributed by atoms with E-state index in [9.17, 15) is 14.0 Å². The minimum absolute atomic E-state index is 0.127. The summed E-state index contributed by atoms with van der Waals surface area (Å²) in [5.74, 6) is -1.10. The normalized spacial score (nSPS) is 18.9. The molecule has 3 aromatic rings. The number of anilines is 1. The van der Waals surface area contributed by atoms with Crippen LogP contribution in [-0.4, -0.2) is 45.8 Å². The van der Waals surface area contributed by atoms with E-state index in [4.69, 9.17) is 10.8 Å². The van der Waals surface area contributed by atoms with Crippen molar-refractivity contribution < 1.29 is 18.4 Å². The third kappa shape index (κ3) is 4.20. The number of amides is 1. The maximum absolute atomic E-state index is 15.4. The van der Waals surface area contributed by atoms with Gasteiger partial charge in [0.05, 0.1) is 17.9 Å². The monoisotopic (exact) mass is 490 g/mol. The number of aliphatic imine (C=N–C) groups is 1. The highest BCUT2D eigenvalue weighted by Crippen LogP contribution is 2.39. The SMILES string of the molecule is C=CC(=O)N1CCCC(n2nc(-c3ccc(C(=O)c4ccc(F)cc4)cc3F)c3c2NC=NC3N)C1. The van der Waals surface area contributed by atoms with Crippen LogP contribution < -0.4 is 11.1 Å². The van der Waals surface area contributed by atoms with E-state index >= 15 is 4.39 Å². The number of ketones is 1. The summed E-state index contributed by atoms with van der Waals surface area (Å²) >= 11 is 0. The minimum Gasteiger partial charge on any atom is -0.337 e. The van der Waals surface area contributed by atoms with E-state index in [2.05, 4.69) is 16.9 Å². The Morgan fingerprint density at radius 3 is 2.61 bits per heavy atom. The van der Waals surface area contributed by atoms with Crippen molar-refractivity contribution in [2.24, 2.45) is 10.7 Å². The number of halogens is 2. The van der Waals surface area contributed by atoms with Crippen LogP contribution in [0.1, 0.15) is 46.5 Å². The summed E-state index contributed by atoms with van der Waals surface area (Å²) in [6.07, 6.45) is 3.56. The summed E-state index contributed by atoms with van der Waals surface area (Å²) in [4.78, 5) is 30.9. The number of piperidine rings is 1. The molecule has 1 aromatic heterocycles. The van der Waals surface area contributed by atoms with Crippen molar-refractivity contribution in [1.82, 2.24) is 14.7 Å². The molecule has 0 spiro atoms. The Kier molecular flexibility index (Phi) is 6.19. The number of benzene rings is 2. The lowest BCUT2D eigenvalue weighted by Gasteiger charge is -2.33. The summed E-state index contributed by atoms with van der Waals surface area (Å²) < 4.78 is 30.4. The van der Waals surface area contributed by atoms with Crippen molar-refractivity contribution in [3.05, 3.63) is 83.4 Å². The second-order valence-electron chi connectivity index (χ2n) is 8.74. The molecular formula is C26H24F2N6O2. The fourth-order valence-electron chi connectivity index (χ4n) is 4.69. The van der Waals surface area contributed by atoms with Crippen LogP contribution in [0.15, 0.2) is 60.1 Å². The molecule has 1 fully saturated rings. The van der Waals surface area contributed by atoms with Crippen molar-refractivity contribution in [1.29, 1.82) is 0 Å². The van der Waals surface area contributed by atoms with Crippen LogP contribution in [-0.2, 0) is 4.79 Å². The van der Waals surface area contributed by atoms with Crippen LogP contribution >= 0.6 is 0 Å². The van der Waals surface area contributed by atoms with Gasteiger partial charge >= 0.3 is 0 Å². The van der Waals surface area contributed by atoms with E-state index < -0.39 is 23.6 Å². The Bertz CT molecular complexity index is 1380. The lowest BCUT2D eigenvalue weighted by Crippen LogP contribution is -2.40. The predicted molar refractivity (Wildman–Crippen MR) is 132 cm³/mol. The molecule has 5 rings (SSSR count). The fraction of sp³-hybridized carbons (Fsp3) is 0.231. The van der Waals surface area contributed by atoms with Gasteiger partial charge in [0, 0.05) is 29.8 Å². The zero-order valence-electron chi connectivity index (χ0n) is 19.3. The minimum atomic E-state index is -0.764. The van der Waals surface area contributed by atoms with E-state index in [0.717, 1.165) is 18.9 Å². The number of fused-ring (bicyclic) bond motifs is 1. The Labute approximate surface area is 206 Å². The molecule has 36 heavy (non-hydrogen) atoms. The van der Waals surface area contributed by atoms with Crippen LogP contribution in [0.2, 0.25) is 0 Å². The topological polar surface area (TPSA) is 106 Å². The first-order valence-electron chi connectivity index (χ1n) is 11.5. The second kappa shape index (κ2) is 9.46. The molecule has 2 aliphatic heterocycles. The first-order chi connectivity index (χ1) is 17.4. The Morgan fingerprint density at radius 1 is 1.14 bits per heavy atom. The van der Waals surface area contributed by atoms with E-state index in [1.165, 1.54) is 48.8 Å². The number of hydrogen-bond donors (Lipinski definition) is 2. The molecule has 2 unspecified atom stereocenters. The third-order valence-electron chi connectivity index (χ3n) is 6.50. The molecule has 0 bridgehead atoms. The van der Waals surface area contributed by atoms with Crippen molar-refractivity contribution in [2.75, 3.05) is 18.4 Å². The number of likely N-dealkylation sites (tertiary alicyclic amines) is 1. The second-order valence-corrected chi connectivity index (χ2v) is 8.74. The third-order valence-corrected chi connectivity index (χ3v) is 6.50. The number of rotatable bonds is 5. The summed E-state index contributed by atoms with van der Waals surface area (Å²) in [5.41, 5.74) is 7.66. The van der Waals surface area contributed by atoms with Gasteiger partial charge < -0.3 is 16.0 Å². The van der Waals surface area contributed by atoms with Gasteiger partial charge in [0.2, 0.25) is 5.91 Å². The molecule has 0 saturated carbocycles. The van der Waals surface area contributed by atoms with E-state index in [1.807, 2.05) is 0 Å². The van der Waals surface area contributed by atoms with Crippen LogP contribution in [0, 0.1) is 11.6 Å². The van der Waals surface area contributed by atoms with Gasteiger partial charge in [-0.15, -0.1) is 0 Å². The van der Waals surface area contributed by atoms with Gasteiger partial charge in [0.15, 0.2) is 5.78 Å². The van der Waals surface area contributed by atoms with Gasteiger partial charge in [0.25, 0.3) is 0 Å². The quantitative estimate of drug-likeness (QED) is 0.418. The molecule has 2 aliphatic rings. The number of carbonyl (C=O) groups excluding carboxylic acids is 2. The van der Waals surface area contributed by atoms with Crippen LogP contribution in [0.4, 0.5) is 14.6 Å². The van der Waals surface area contributed by atoms with Gasteiger partial charge in [-0.05, 0) is 55.3 Å². The summed E-state index contributed by atoms with van der Waals surface area (Å²) in [6.45, 7) is 4.63. The van der Waals surface area contributed by atoms with Crippen molar-refractivity contribution in [2.45, 2.75) is 25.0 Å². The maximum Gasteiger partial charge on any atom is 0.246 e. The van der Waals surface area contributed by atoms with Gasteiger partial charge in [-0.2, -0.15) is 5.10 Å². The maximum atomic E-state index is 15.4. The van der Waals surface area contributed by atoms with Gasteiger partial charge in [-0.1, -0.05) is 12.6 Å². The highest BCUT2D eigenvalue weighted by molar-refractivity contribution is 6.09. The van der Waals surface area contributed by atoms with Crippen molar-refractivity contribution in [3.8, 4) is 11.3 Å². The van der Waals surface area contributed by atoms with Crippen LogP contribution in [0.5, 0.6) is 0 Å². The molecular weight excluding hydrogens is 466 g/mol. The highest BCUT2D eigenvalue weighted by Gasteiger charge is 2.32. The number of hydrogen-bond acceptors (Lipinski definition) is 6. The smallest absolute Gasteiger partial charge is 0.246 e. The number of nitrogens with one attached hydrogen (secondary N) is 1. The average molecular weight is 491 g/mol. The molecule has 184 valence electrons. The van der Waals surface area contributed by atoms with Gasteiger partial charge in [0.1, 0.15) is 29.3 Å². The molecule has 10 heteroatoms. The lowest BCUT2D eigenvalue weighted by atomic mass is 9.99. The molecule has 1 saturated heterocycles. The Hall–Kier alpha value is -4.18. The standard InChI is InChI=1S/C26H24F2N6O2/c1-2-21(35)33-11-3-4-18(13-33)34-26-22(25(29)30-14-31-26)23(32-34)19-10-7-16(12-20(19)28)24(36)15-5-8-17(27)9-6-15/h2,5-10,12,14,18,25H,1,3-4,11,13,29H2,(H,30,31). The molecule has 2 atom stereocenters. The van der Waals surface area contributed by atoms with E-state index in [1.54, 1.807) is 9.58 Å². The van der Waals surface area contributed by atoms with Gasteiger partial charge in [-0.3, -0.25) is 14.6 Å². The van der Waals surface area contributed by atoms with Crippen molar-refractivity contribution >= 4 is 23.8 Å². The molecule has 1 amide bonds. The number of nitrogens with two attached hydrogens (primary N) is 1. The molecule has 0 aliphatic carbocycles. The lowest BCUT2D eigenvalue weighted by molar-refractivity contribution is -0.127. The van der Waals surface area contributed by atoms with Crippen LogP contribution in [0.3, 0.4) is 0 Å². The number of carbonyl (C=O) groups is 2. The highest BCUT2D eigenvalue weighted by atomic mass is 19.1. The predicted octanol–water partition coefficient (Wildman–Crippen LogP) is 3.82.